The molecule has 0 aliphatic rings. The second-order valence-corrected chi connectivity index (χ2v) is 4.64. The lowest BCUT2D eigenvalue weighted by molar-refractivity contribution is 0.0307. The first-order chi connectivity index (χ1) is 8.83. The minimum absolute atomic E-state index is 0.169. The van der Waals surface area contributed by atoms with Gasteiger partial charge in [0.2, 0.25) is 0 Å². The standard InChI is InChI=1S/C16H27NO/c1-4-10-15(17-13-5-2)16(18-6-3)14-11-8-7-9-12-14/h7-9,11-12,15-17H,4-6,10,13H2,1-3H3. The molecular weight excluding hydrogens is 222 g/mol. The third-order valence-electron chi connectivity index (χ3n) is 3.10. The fraction of sp³-hybridized carbons (Fsp3) is 0.625. The minimum atomic E-state index is 0.169. The Morgan fingerprint density at radius 3 is 2.33 bits per heavy atom. The van der Waals surface area contributed by atoms with Crippen molar-refractivity contribution in [2.75, 3.05) is 13.2 Å². The van der Waals surface area contributed by atoms with E-state index in [1.807, 2.05) is 0 Å². The third-order valence-corrected chi connectivity index (χ3v) is 3.10. The minimum Gasteiger partial charge on any atom is -0.372 e. The first-order valence-electron chi connectivity index (χ1n) is 7.23. The Labute approximate surface area is 112 Å². The fourth-order valence-corrected chi connectivity index (χ4v) is 2.27. The second kappa shape index (κ2) is 9.12. The van der Waals surface area contributed by atoms with Crippen LogP contribution in [0.1, 0.15) is 51.7 Å². The molecule has 0 fully saturated rings. The average Bonchev–Trinajstić information content (AvgIpc) is 2.42. The molecule has 1 aromatic rings. The van der Waals surface area contributed by atoms with Gasteiger partial charge in [0.1, 0.15) is 0 Å². The highest BCUT2D eigenvalue weighted by atomic mass is 16.5. The molecule has 2 heteroatoms. The van der Waals surface area contributed by atoms with E-state index in [1.165, 1.54) is 12.0 Å². The fourth-order valence-electron chi connectivity index (χ4n) is 2.27. The lowest BCUT2D eigenvalue weighted by Gasteiger charge is -2.28. The van der Waals surface area contributed by atoms with Gasteiger partial charge in [-0.25, -0.2) is 0 Å². The molecule has 2 nitrogen and oxygen atoms in total. The van der Waals surface area contributed by atoms with Crippen molar-refractivity contribution in [2.24, 2.45) is 0 Å². The van der Waals surface area contributed by atoms with Crippen molar-refractivity contribution in [2.45, 2.75) is 52.2 Å². The van der Waals surface area contributed by atoms with Crippen LogP contribution in [0.25, 0.3) is 0 Å². The van der Waals surface area contributed by atoms with E-state index >= 15 is 0 Å². The summed E-state index contributed by atoms with van der Waals surface area (Å²) < 4.78 is 5.98. The molecule has 0 saturated heterocycles. The van der Waals surface area contributed by atoms with Crippen molar-refractivity contribution >= 4 is 0 Å². The summed E-state index contributed by atoms with van der Waals surface area (Å²) in [6.45, 7) is 8.32. The van der Waals surface area contributed by atoms with Crippen LogP contribution < -0.4 is 5.32 Å². The molecule has 1 N–H and O–H groups in total. The van der Waals surface area contributed by atoms with Crippen LogP contribution in [0.15, 0.2) is 30.3 Å². The summed E-state index contributed by atoms with van der Waals surface area (Å²) in [5.41, 5.74) is 1.28. The Morgan fingerprint density at radius 2 is 1.78 bits per heavy atom. The zero-order valence-electron chi connectivity index (χ0n) is 12.0. The highest BCUT2D eigenvalue weighted by Crippen LogP contribution is 2.24. The van der Waals surface area contributed by atoms with Crippen molar-refractivity contribution in [3.8, 4) is 0 Å². The number of ether oxygens (including phenoxy) is 1. The SMILES string of the molecule is CCCNC(CCC)C(OCC)c1ccccc1. The quantitative estimate of drug-likeness (QED) is 0.716. The molecule has 0 saturated carbocycles. The van der Waals surface area contributed by atoms with Crippen LogP contribution in [0.4, 0.5) is 0 Å². The summed E-state index contributed by atoms with van der Waals surface area (Å²) in [6, 6.07) is 11.0. The van der Waals surface area contributed by atoms with Crippen LogP contribution in [0.5, 0.6) is 0 Å². The van der Waals surface area contributed by atoms with Crippen molar-refractivity contribution in [3.63, 3.8) is 0 Å². The van der Waals surface area contributed by atoms with Gasteiger partial charge in [0, 0.05) is 12.6 Å². The molecule has 2 unspecified atom stereocenters. The van der Waals surface area contributed by atoms with E-state index in [0.717, 1.165) is 26.0 Å². The zero-order chi connectivity index (χ0) is 13.2. The molecule has 0 radical (unpaired) electrons. The van der Waals surface area contributed by atoms with E-state index in [9.17, 15) is 0 Å². The molecule has 18 heavy (non-hydrogen) atoms. The van der Waals surface area contributed by atoms with Crippen LogP contribution >= 0.6 is 0 Å². The Balaban J connectivity index is 2.78. The van der Waals surface area contributed by atoms with Gasteiger partial charge in [0.05, 0.1) is 6.10 Å². The maximum atomic E-state index is 5.98. The maximum absolute atomic E-state index is 5.98. The van der Waals surface area contributed by atoms with Crippen LogP contribution in [0, 0.1) is 0 Å². The summed E-state index contributed by atoms with van der Waals surface area (Å²) in [7, 11) is 0. The van der Waals surface area contributed by atoms with Crippen molar-refractivity contribution in [3.05, 3.63) is 35.9 Å². The molecule has 1 aromatic carbocycles. The van der Waals surface area contributed by atoms with Crippen LogP contribution in [0.2, 0.25) is 0 Å². The number of hydrogen-bond donors (Lipinski definition) is 1. The number of nitrogens with one attached hydrogen (secondary N) is 1. The van der Waals surface area contributed by atoms with Crippen LogP contribution in [-0.2, 0) is 4.74 Å². The predicted molar refractivity (Wildman–Crippen MR) is 77.8 cm³/mol. The summed E-state index contributed by atoms with van der Waals surface area (Å²) in [5, 5.41) is 3.63. The Morgan fingerprint density at radius 1 is 1.06 bits per heavy atom. The smallest absolute Gasteiger partial charge is 0.0977 e. The van der Waals surface area contributed by atoms with Gasteiger partial charge in [-0.2, -0.15) is 0 Å². The number of hydrogen-bond acceptors (Lipinski definition) is 2. The summed E-state index contributed by atoms with van der Waals surface area (Å²) in [4.78, 5) is 0. The van der Waals surface area contributed by atoms with E-state index < -0.39 is 0 Å². The number of benzene rings is 1. The summed E-state index contributed by atoms with van der Waals surface area (Å²) in [6.07, 6.45) is 3.66. The van der Waals surface area contributed by atoms with Gasteiger partial charge >= 0.3 is 0 Å². The second-order valence-electron chi connectivity index (χ2n) is 4.64. The van der Waals surface area contributed by atoms with E-state index in [-0.39, 0.29) is 6.10 Å². The van der Waals surface area contributed by atoms with Gasteiger partial charge in [-0.1, -0.05) is 50.6 Å². The average molecular weight is 249 g/mol. The van der Waals surface area contributed by atoms with Gasteiger partial charge in [-0.05, 0) is 31.9 Å². The lowest BCUT2D eigenvalue weighted by Crippen LogP contribution is -2.36. The molecule has 0 bridgehead atoms. The Kier molecular flexibility index (Phi) is 7.70. The lowest BCUT2D eigenvalue weighted by atomic mass is 9.98. The molecule has 0 aromatic heterocycles. The van der Waals surface area contributed by atoms with E-state index in [2.05, 4.69) is 56.4 Å². The first kappa shape index (κ1) is 15.2. The van der Waals surface area contributed by atoms with Crippen molar-refractivity contribution in [1.82, 2.24) is 5.32 Å². The molecule has 0 aliphatic heterocycles. The largest absolute Gasteiger partial charge is 0.372 e. The topological polar surface area (TPSA) is 21.3 Å². The van der Waals surface area contributed by atoms with Gasteiger partial charge in [-0.3, -0.25) is 0 Å². The van der Waals surface area contributed by atoms with Crippen molar-refractivity contribution in [1.29, 1.82) is 0 Å². The van der Waals surface area contributed by atoms with Crippen LogP contribution in [-0.4, -0.2) is 19.2 Å². The van der Waals surface area contributed by atoms with Crippen LogP contribution in [0.3, 0.4) is 0 Å². The van der Waals surface area contributed by atoms with Crippen molar-refractivity contribution < 1.29 is 4.74 Å². The molecule has 2 atom stereocenters. The summed E-state index contributed by atoms with van der Waals surface area (Å²) >= 11 is 0. The molecule has 0 aliphatic carbocycles. The third kappa shape index (κ3) is 4.79. The van der Waals surface area contributed by atoms with Gasteiger partial charge in [0.15, 0.2) is 0 Å². The molecular formula is C16H27NO. The zero-order valence-corrected chi connectivity index (χ0v) is 12.0. The van der Waals surface area contributed by atoms with E-state index in [0.29, 0.717) is 6.04 Å². The highest BCUT2D eigenvalue weighted by Gasteiger charge is 2.22. The van der Waals surface area contributed by atoms with Gasteiger partial charge in [-0.15, -0.1) is 0 Å². The molecule has 0 amide bonds. The highest BCUT2D eigenvalue weighted by molar-refractivity contribution is 5.19. The molecule has 102 valence electrons. The predicted octanol–water partition coefficient (Wildman–Crippen LogP) is 3.93. The van der Waals surface area contributed by atoms with Gasteiger partial charge < -0.3 is 10.1 Å². The summed E-state index contributed by atoms with van der Waals surface area (Å²) in [5.74, 6) is 0. The normalized spacial score (nSPS) is 14.4. The Bertz CT molecular complexity index is 299. The van der Waals surface area contributed by atoms with Gasteiger partial charge in [0.25, 0.3) is 0 Å². The van der Waals surface area contributed by atoms with E-state index in [1.54, 1.807) is 0 Å². The molecule has 1 rings (SSSR count). The molecule has 0 spiro atoms. The maximum Gasteiger partial charge on any atom is 0.0977 e. The monoisotopic (exact) mass is 249 g/mol. The first-order valence-corrected chi connectivity index (χ1v) is 7.23. The van der Waals surface area contributed by atoms with E-state index in [4.69, 9.17) is 4.74 Å². The molecule has 0 heterocycles. The Hall–Kier alpha value is -0.860. The number of rotatable bonds is 9.